The molecule has 1 aliphatic heterocycles. The fourth-order valence-corrected chi connectivity index (χ4v) is 3.20. The number of fused-ring (bicyclic) bond motifs is 1. The molecular formula is C19H23ClN2. The molecular weight excluding hydrogens is 292 g/mol. The smallest absolute Gasteiger partial charge is 0.0387 e. The quantitative estimate of drug-likeness (QED) is 0.886. The molecule has 0 radical (unpaired) electrons. The lowest BCUT2D eigenvalue weighted by atomic mass is 9.98. The van der Waals surface area contributed by atoms with Crippen molar-refractivity contribution in [3.8, 4) is 0 Å². The van der Waals surface area contributed by atoms with Crippen LogP contribution in [0.3, 0.4) is 0 Å². The number of nitrogens with zero attached hydrogens (tertiary/aromatic N) is 1. The lowest BCUT2D eigenvalue weighted by Crippen LogP contribution is -2.32. The standard InChI is InChI=1S/C19H22N2.ClH/c1-2-4-18(5-3-1)20-19-9-8-16-10-11-21(13-15-6-7-15)14-17(16)12-19;/h1-5,8-9,12,15,20H,6-7,10-11,13-14H2;1H. The van der Waals surface area contributed by atoms with Crippen LogP contribution in [0, 0.1) is 5.92 Å². The fourth-order valence-electron chi connectivity index (χ4n) is 3.20. The second kappa shape index (κ2) is 6.72. The molecule has 22 heavy (non-hydrogen) atoms. The van der Waals surface area contributed by atoms with E-state index in [4.69, 9.17) is 0 Å². The fraction of sp³-hybridized carbons (Fsp3) is 0.368. The van der Waals surface area contributed by atoms with Crippen LogP contribution in [0.5, 0.6) is 0 Å². The van der Waals surface area contributed by atoms with E-state index in [0.717, 1.165) is 18.2 Å². The number of benzene rings is 2. The highest BCUT2D eigenvalue weighted by molar-refractivity contribution is 5.85. The number of anilines is 2. The maximum atomic E-state index is 3.50. The van der Waals surface area contributed by atoms with Crippen molar-refractivity contribution in [2.75, 3.05) is 18.4 Å². The topological polar surface area (TPSA) is 15.3 Å². The van der Waals surface area contributed by atoms with Gasteiger partial charge in [-0.25, -0.2) is 0 Å². The maximum Gasteiger partial charge on any atom is 0.0387 e. The number of hydrogen-bond acceptors (Lipinski definition) is 2. The number of rotatable bonds is 4. The normalized spacial score (nSPS) is 17.5. The predicted molar refractivity (Wildman–Crippen MR) is 95.1 cm³/mol. The van der Waals surface area contributed by atoms with Crippen molar-refractivity contribution in [2.24, 2.45) is 5.92 Å². The van der Waals surface area contributed by atoms with Crippen LogP contribution >= 0.6 is 12.4 Å². The van der Waals surface area contributed by atoms with Gasteiger partial charge in [-0.1, -0.05) is 24.3 Å². The Morgan fingerprint density at radius 3 is 2.55 bits per heavy atom. The zero-order chi connectivity index (χ0) is 14.1. The first kappa shape index (κ1) is 15.4. The highest BCUT2D eigenvalue weighted by Gasteiger charge is 2.26. The van der Waals surface area contributed by atoms with Crippen LogP contribution in [0.4, 0.5) is 11.4 Å². The van der Waals surface area contributed by atoms with Gasteiger partial charge in [-0.05, 0) is 60.6 Å². The van der Waals surface area contributed by atoms with E-state index < -0.39 is 0 Å². The molecule has 0 amide bonds. The van der Waals surface area contributed by atoms with Crippen molar-refractivity contribution in [1.82, 2.24) is 4.90 Å². The monoisotopic (exact) mass is 314 g/mol. The number of halogens is 1. The molecule has 0 unspecified atom stereocenters. The first-order valence-corrected chi connectivity index (χ1v) is 8.03. The van der Waals surface area contributed by atoms with Gasteiger partial charge >= 0.3 is 0 Å². The first-order valence-electron chi connectivity index (χ1n) is 8.03. The molecule has 3 heteroatoms. The van der Waals surface area contributed by atoms with Gasteiger partial charge in [0.1, 0.15) is 0 Å². The van der Waals surface area contributed by atoms with E-state index >= 15 is 0 Å². The van der Waals surface area contributed by atoms with Gasteiger partial charge in [0.25, 0.3) is 0 Å². The molecule has 4 rings (SSSR count). The molecule has 1 heterocycles. The third-order valence-electron chi connectivity index (χ3n) is 4.57. The SMILES string of the molecule is Cl.c1ccc(Nc2ccc3c(c2)CN(CC2CC2)CC3)cc1. The summed E-state index contributed by atoms with van der Waals surface area (Å²) in [6, 6.07) is 17.3. The first-order chi connectivity index (χ1) is 10.4. The summed E-state index contributed by atoms with van der Waals surface area (Å²) in [7, 11) is 0. The van der Waals surface area contributed by atoms with E-state index in [9.17, 15) is 0 Å². The molecule has 1 fully saturated rings. The zero-order valence-corrected chi connectivity index (χ0v) is 13.6. The number of nitrogens with one attached hydrogen (secondary N) is 1. The van der Waals surface area contributed by atoms with Crippen molar-refractivity contribution >= 4 is 23.8 Å². The molecule has 1 aliphatic carbocycles. The van der Waals surface area contributed by atoms with Crippen molar-refractivity contribution in [2.45, 2.75) is 25.8 Å². The van der Waals surface area contributed by atoms with E-state index in [0.29, 0.717) is 0 Å². The van der Waals surface area contributed by atoms with Crippen LogP contribution < -0.4 is 5.32 Å². The summed E-state index contributed by atoms with van der Waals surface area (Å²) in [5.41, 5.74) is 5.39. The molecule has 2 aromatic rings. The highest BCUT2D eigenvalue weighted by atomic mass is 35.5. The molecule has 0 saturated heterocycles. The molecule has 0 aromatic heterocycles. The molecule has 2 aliphatic rings. The summed E-state index contributed by atoms with van der Waals surface area (Å²) in [6.07, 6.45) is 4.09. The molecule has 1 N–H and O–H groups in total. The molecule has 2 aromatic carbocycles. The van der Waals surface area contributed by atoms with Crippen LogP contribution in [-0.2, 0) is 13.0 Å². The molecule has 116 valence electrons. The summed E-state index contributed by atoms with van der Waals surface area (Å²) in [5.74, 6) is 0.983. The Kier molecular flexibility index (Phi) is 4.70. The van der Waals surface area contributed by atoms with Gasteiger partial charge in [-0.2, -0.15) is 0 Å². The summed E-state index contributed by atoms with van der Waals surface area (Å²) in [5, 5.41) is 3.50. The second-order valence-electron chi connectivity index (χ2n) is 6.40. The molecule has 1 saturated carbocycles. The third-order valence-corrected chi connectivity index (χ3v) is 4.57. The highest BCUT2D eigenvalue weighted by Crippen LogP contribution is 2.32. The average Bonchev–Trinajstić information content (AvgIpc) is 3.32. The molecule has 0 bridgehead atoms. The molecule has 0 atom stereocenters. The van der Waals surface area contributed by atoms with E-state index in [1.165, 1.54) is 49.2 Å². The summed E-state index contributed by atoms with van der Waals surface area (Å²) in [4.78, 5) is 2.63. The lowest BCUT2D eigenvalue weighted by molar-refractivity contribution is 0.244. The second-order valence-corrected chi connectivity index (χ2v) is 6.40. The Balaban J connectivity index is 0.00000144. The lowest BCUT2D eigenvalue weighted by Gasteiger charge is -2.29. The number of hydrogen-bond donors (Lipinski definition) is 1. The summed E-state index contributed by atoms with van der Waals surface area (Å²) < 4.78 is 0. The van der Waals surface area contributed by atoms with Gasteiger partial charge in [0.05, 0.1) is 0 Å². The molecule has 2 nitrogen and oxygen atoms in total. The minimum atomic E-state index is 0. The maximum absolute atomic E-state index is 3.50. The summed E-state index contributed by atoms with van der Waals surface area (Å²) >= 11 is 0. The zero-order valence-electron chi connectivity index (χ0n) is 12.8. The van der Waals surface area contributed by atoms with Crippen molar-refractivity contribution in [3.05, 3.63) is 59.7 Å². The van der Waals surface area contributed by atoms with Crippen molar-refractivity contribution < 1.29 is 0 Å². The minimum absolute atomic E-state index is 0. The average molecular weight is 315 g/mol. The number of para-hydroxylation sites is 1. The largest absolute Gasteiger partial charge is 0.356 e. The molecule has 0 spiro atoms. The van der Waals surface area contributed by atoms with Gasteiger partial charge in [0.2, 0.25) is 0 Å². The van der Waals surface area contributed by atoms with Crippen molar-refractivity contribution in [3.63, 3.8) is 0 Å². The predicted octanol–water partition coefficient (Wildman–Crippen LogP) is 4.62. The Morgan fingerprint density at radius 1 is 0.955 bits per heavy atom. The Hall–Kier alpha value is -1.51. The van der Waals surface area contributed by atoms with Gasteiger partial charge in [0, 0.05) is 31.0 Å². The van der Waals surface area contributed by atoms with E-state index in [1.807, 2.05) is 6.07 Å². The van der Waals surface area contributed by atoms with Crippen LogP contribution in [0.25, 0.3) is 0 Å². The van der Waals surface area contributed by atoms with Gasteiger partial charge in [-0.3, -0.25) is 4.90 Å². The Bertz CT molecular complexity index is 623. The Labute approximate surface area is 138 Å². The van der Waals surface area contributed by atoms with E-state index in [1.54, 1.807) is 0 Å². The van der Waals surface area contributed by atoms with E-state index in [2.05, 4.69) is 52.7 Å². The summed E-state index contributed by atoms with van der Waals surface area (Å²) in [6.45, 7) is 3.65. The van der Waals surface area contributed by atoms with Crippen LogP contribution in [0.1, 0.15) is 24.0 Å². The Morgan fingerprint density at radius 2 is 1.77 bits per heavy atom. The minimum Gasteiger partial charge on any atom is -0.356 e. The van der Waals surface area contributed by atoms with Gasteiger partial charge in [0.15, 0.2) is 0 Å². The van der Waals surface area contributed by atoms with Crippen LogP contribution in [0.15, 0.2) is 48.5 Å². The van der Waals surface area contributed by atoms with Gasteiger partial charge < -0.3 is 5.32 Å². The van der Waals surface area contributed by atoms with Gasteiger partial charge in [-0.15, -0.1) is 12.4 Å². The van der Waals surface area contributed by atoms with Crippen molar-refractivity contribution in [1.29, 1.82) is 0 Å². The van der Waals surface area contributed by atoms with E-state index in [-0.39, 0.29) is 12.4 Å². The van der Waals surface area contributed by atoms with Crippen LogP contribution in [0.2, 0.25) is 0 Å². The third kappa shape index (κ3) is 3.63. The van der Waals surface area contributed by atoms with Crippen LogP contribution in [-0.4, -0.2) is 18.0 Å².